The molecule has 0 bridgehead atoms. The van der Waals surface area contributed by atoms with E-state index in [2.05, 4.69) is 63.3 Å². The molecule has 1 aliphatic rings. The van der Waals surface area contributed by atoms with Crippen LogP contribution in [0.3, 0.4) is 0 Å². The molecule has 0 amide bonds. The van der Waals surface area contributed by atoms with Crippen molar-refractivity contribution in [3.63, 3.8) is 0 Å². The molecular formula is C21H23N3S2. The van der Waals surface area contributed by atoms with Crippen molar-refractivity contribution in [1.29, 1.82) is 0 Å². The normalized spacial score (nSPS) is 15.2. The standard InChI is InChI=1S/C21H23N3S2/c1-4-10-17(11-5-1)16-20-22-23-21(24(20)18-12-6-2-7-13-18)26-25-19-14-8-3-9-15-19/h1-2,4-7,10-13,19H,3,8-9,14-16H2. The average Bonchev–Trinajstić information content (AvgIpc) is 3.11. The van der Waals surface area contributed by atoms with Crippen molar-refractivity contribution in [3.8, 4) is 5.69 Å². The summed E-state index contributed by atoms with van der Waals surface area (Å²) < 4.78 is 2.22. The first kappa shape index (κ1) is 17.7. The monoisotopic (exact) mass is 381 g/mol. The van der Waals surface area contributed by atoms with Crippen molar-refractivity contribution in [2.24, 2.45) is 0 Å². The second-order valence-electron chi connectivity index (χ2n) is 6.67. The molecule has 0 radical (unpaired) electrons. The molecule has 4 rings (SSSR count). The van der Waals surface area contributed by atoms with Gasteiger partial charge in [-0.3, -0.25) is 4.57 Å². The Hall–Kier alpha value is -1.72. The fraction of sp³-hybridized carbons (Fsp3) is 0.333. The molecule has 0 N–H and O–H groups in total. The van der Waals surface area contributed by atoms with Gasteiger partial charge in [0.15, 0.2) is 0 Å². The van der Waals surface area contributed by atoms with Crippen molar-refractivity contribution in [3.05, 3.63) is 72.1 Å². The Morgan fingerprint density at radius 1 is 0.846 bits per heavy atom. The van der Waals surface area contributed by atoms with Crippen molar-refractivity contribution >= 4 is 21.6 Å². The Kier molecular flexibility index (Phi) is 5.97. The second-order valence-corrected chi connectivity index (χ2v) is 9.14. The molecule has 3 nitrogen and oxygen atoms in total. The van der Waals surface area contributed by atoms with Gasteiger partial charge >= 0.3 is 0 Å². The van der Waals surface area contributed by atoms with Gasteiger partial charge in [-0.05, 0) is 41.3 Å². The quantitative estimate of drug-likeness (QED) is 0.495. The van der Waals surface area contributed by atoms with Gasteiger partial charge in [0.25, 0.3) is 0 Å². The number of hydrogen-bond donors (Lipinski definition) is 0. The third-order valence-corrected chi connectivity index (χ3v) is 7.54. The lowest BCUT2D eigenvalue weighted by Crippen LogP contribution is -2.07. The Morgan fingerprint density at radius 2 is 1.54 bits per heavy atom. The van der Waals surface area contributed by atoms with Gasteiger partial charge in [0.2, 0.25) is 5.16 Å². The molecule has 134 valence electrons. The maximum absolute atomic E-state index is 4.53. The van der Waals surface area contributed by atoms with E-state index in [1.807, 2.05) is 22.9 Å². The van der Waals surface area contributed by atoms with E-state index >= 15 is 0 Å². The van der Waals surface area contributed by atoms with Gasteiger partial charge in [0.1, 0.15) is 5.82 Å². The molecule has 0 unspecified atom stereocenters. The van der Waals surface area contributed by atoms with E-state index in [9.17, 15) is 0 Å². The van der Waals surface area contributed by atoms with E-state index in [-0.39, 0.29) is 0 Å². The first-order chi connectivity index (χ1) is 12.9. The smallest absolute Gasteiger partial charge is 0.206 e. The first-order valence-corrected chi connectivity index (χ1v) is 11.5. The predicted octanol–water partition coefficient (Wildman–Crippen LogP) is 5.93. The molecule has 2 aromatic carbocycles. The number of benzene rings is 2. The van der Waals surface area contributed by atoms with Crippen LogP contribution in [0.5, 0.6) is 0 Å². The number of rotatable bonds is 6. The fourth-order valence-electron chi connectivity index (χ4n) is 3.36. The predicted molar refractivity (Wildman–Crippen MR) is 111 cm³/mol. The number of aromatic nitrogens is 3. The molecule has 1 fully saturated rings. The summed E-state index contributed by atoms with van der Waals surface area (Å²) >= 11 is 0. The van der Waals surface area contributed by atoms with Gasteiger partial charge in [-0.25, -0.2) is 0 Å². The third-order valence-electron chi connectivity index (χ3n) is 4.73. The molecule has 0 atom stereocenters. The van der Waals surface area contributed by atoms with E-state index in [0.717, 1.165) is 28.3 Å². The minimum atomic E-state index is 0.743. The highest BCUT2D eigenvalue weighted by atomic mass is 33.1. The molecular weight excluding hydrogens is 358 g/mol. The van der Waals surface area contributed by atoms with Crippen LogP contribution < -0.4 is 0 Å². The summed E-state index contributed by atoms with van der Waals surface area (Å²) in [5.41, 5.74) is 2.39. The SMILES string of the molecule is c1ccc(Cc2nnc(SSC3CCCCC3)n2-c2ccccc2)cc1. The molecule has 1 saturated carbocycles. The zero-order valence-electron chi connectivity index (χ0n) is 14.8. The van der Waals surface area contributed by atoms with Crippen molar-refractivity contribution < 1.29 is 0 Å². The summed E-state index contributed by atoms with van der Waals surface area (Å²) in [5.74, 6) is 0.995. The summed E-state index contributed by atoms with van der Waals surface area (Å²) in [4.78, 5) is 0. The maximum atomic E-state index is 4.53. The fourth-order valence-corrected chi connectivity index (χ4v) is 6.03. The Morgan fingerprint density at radius 3 is 2.27 bits per heavy atom. The highest BCUT2D eigenvalue weighted by Crippen LogP contribution is 2.40. The molecule has 0 saturated heterocycles. The highest BCUT2D eigenvalue weighted by molar-refractivity contribution is 8.76. The minimum Gasteiger partial charge on any atom is -0.273 e. The summed E-state index contributed by atoms with van der Waals surface area (Å²) in [6, 6.07) is 21.0. The first-order valence-electron chi connectivity index (χ1n) is 9.27. The molecule has 0 spiro atoms. The van der Waals surface area contributed by atoms with Crippen LogP contribution in [0.15, 0.2) is 65.8 Å². The van der Waals surface area contributed by atoms with Crippen LogP contribution in [0.2, 0.25) is 0 Å². The summed E-state index contributed by atoms with van der Waals surface area (Å²) in [6.45, 7) is 0. The molecule has 0 aliphatic heterocycles. The summed E-state index contributed by atoms with van der Waals surface area (Å²) in [6.07, 6.45) is 7.56. The molecule has 26 heavy (non-hydrogen) atoms. The molecule has 1 aliphatic carbocycles. The number of hydrogen-bond acceptors (Lipinski definition) is 4. The van der Waals surface area contributed by atoms with Crippen LogP contribution in [0.1, 0.15) is 43.5 Å². The maximum Gasteiger partial charge on any atom is 0.206 e. The largest absolute Gasteiger partial charge is 0.273 e. The van der Waals surface area contributed by atoms with Crippen LogP contribution in [0.25, 0.3) is 5.69 Å². The lowest BCUT2D eigenvalue weighted by atomic mass is 10.0. The van der Waals surface area contributed by atoms with E-state index in [1.165, 1.54) is 37.7 Å². The van der Waals surface area contributed by atoms with E-state index in [1.54, 1.807) is 10.8 Å². The summed E-state index contributed by atoms with van der Waals surface area (Å²) in [5, 5.41) is 10.8. The van der Waals surface area contributed by atoms with Gasteiger partial charge in [0, 0.05) is 17.4 Å². The van der Waals surface area contributed by atoms with Crippen LogP contribution in [0, 0.1) is 0 Å². The number of para-hydroxylation sites is 1. The van der Waals surface area contributed by atoms with Crippen molar-refractivity contribution in [2.45, 2.75) is 48.9 Å². The van der Waals surface area contributed by atoms with E-state index in [4.69, 9.17) is 0 Å². The Balaban J connectivity index is 1.59. The topological polar surface area (TPSA) is 30.7 Å². The Labute approximate surface area is 163 Å². The third kappa shape index (κ3) is 4.33. The van der Waals surface area contributed by atoms with Crippen molar-refractivity contribution in [1.82, 2.24) is 14.8 Å². The average molecular weight is 382 g/mol. The van der Waals surface area contributed by atoms with E-state index < -0.39 is 0 Å². The molecule has 3 aromatic rings. The van der Waals surface area contributed by atoms with Crippen LogP contribution in [-0.2, 0) is 6.42 Å². The van der Waals surface area contributed by atoms with Gasteiger partial charge in [0.05, 0.1) is 0 Å². The van der Waals surface area contributed by atoms with Crippen LogP contribution >= 0.6 is 21.6 Å². The van der Waals surface area contributed by atoms with Gasteiger partial charge in [-0.15, -0.1) is 10.2 Å². The lowest BCUT2D eigenvalue weighted by molar-refractivity contribution is 0.517. The zero-order valence-corrected chi connectivity index (χ0v) is 16.4. The van der Waals surface area contributed by atoms with Crippen molar-refractivity contribution in [2.75, 3.05) is 0 Å². The molecule has 5 heteroatoms. The lowest BCUT2D eigenvalue weighted by Gasteiger charge is -2.20. The second kappa shape index (κ2) is 8.78. The van der Waals surface area contributed by atoms with E-state index in [0.29, 0.717) is 0 Å². The Bertz CT molecular complexity index is 812. The zero-order chi connectivity index (χ0) is 17.6. The van der Waals surface area contributed by atoms with Crippen LogP contribution in [-0.4, -0.2) is 20.0 Å². The molecule has 1 aromatic heterocycles. The number of nitrogens with zero attached hydrogens (tertiary/aromatic N) is 3. The van der Waals surface area contributed by atoms with Gasteiger partial charge < -0.3 is 0 Å². The van der Waals surface area contributed by atoms with Crippen LogP contribution in [0.4, 0.5) is 0 Å². The summed E-state index contributed by atoms with van der Waals surface area (Å²) in [7, 11) is 3.76. The van der Waals surface area contributed by atoms with Gasteiger partial charge in [-0.2, -0.15) is 0 Å². The highest BCUT2D eigenvalue weighted by Gasteiger charge is 2.19. The van der Waals surface area contributed by atoms with Gasteiger partial charge in [-0.1, -0.05) is 78.6 Å². The minimum absolute atomic E-state index is 0.743. The molecule has 1 heterocycles.